The largest absolute Gasteiger partial charge is 0.392 e. The SMILES string of the molecule is CC1(C)OCC(C/C=C/CO)O1. The van der Waals surface area contributed by atoms with Crippen LogP contribution in [-0.4, -0.2) is 30.2 Å². The van der Waals surface area contributed by atoms with E-state index in [1.54, 1.807) is 6.08 Å². The molecule has 3 heteroatoms. The van der Waals surface area contributed by atoms with E-state index in [0.717, 1.165) is 6.42 Å². The highest BCUT2D eigenvalue weighted by molar-refractivity contribution is 4.86. The van der Waals surface area contributed by atoms with E-state index in [4.69, 9.17) is 14.6 Å². The maximum atomic E-state index is 8.48. The van der Waals surface area contributed by atoms with Crippen molar-refractivity contribution in [3.05, 3.63) is 12.2 Å². The van der Waals surface area contributed by atoms with Crippen LogP contribution in [0, 0.1) is 0 Å². The fourth-order valence-electron chi connectivity index (χ4n) is 1.20. The molecule has 1 fully saturated rings. The minimum Gasteiger partial charge on any atom is -0.392 e. The summed E-state index contributed by atoms with van der Waals surface area (Å²) >= 11 is 0. The second kappa shape index (κ2) is 4.03. The molecule has 0 spiro atoms. The van der Waals surface area contributed by atoms with E-state index in [2.05, 4.69) is 0 Å². The zero-order valence-corrected chi connectivity index (χ0v) is 7.62. The van der Waals surface area contributed by atoms with Crippen LogP contribution in [-0.2, 0) is 9.47 Å². The molecule has 0 amide bonds. The fraction of sp³-hybridized carbons (Fsp3) is 0.778. The van der Waals surface area contributed by atoms with Gasteiger partial charge in [0.05, 0.1) is 19.3 Å². The van der Waals surface area contributed by atoms with Crippen molar-refractivity contribution < 1.29 is 14.6 Å². The molecule has 1 rings (SSSR count). The van der Waals surface area contributed by atoms with Crippen molar-refractivity contribution in [3.63, 3.8) is 0 Å². The van der Waals surface area contributed by atoms with Crippen LogP contribution in [0.3, 0.4) is 0 Å². The van der Waals surface area contributed by atoms with Crippen LogP contribution in [0.25, 0.3) is 0 Å². The molecule has 1 atom stereocenters. The fourth-order valence-corrected chi connectivity index (χ4v) is 1.20. The van der Waals surface area contributed by atoms with Crippen molar-refractivity contribution in [3.8, 4) is 0 Å². The molecule has 1 saturated heterocycles. The van der Waals surface area contributed by atoms with Gasteiger partial charge < -0.3 is 14.6 Å². The van der Waals surface area contributed by atoms with E-state index in [1.165, 1.54) is 0 Å². The Morgan fingerprint density at radius 1 is 1.50 bits per heavy atom. The summed E-state index contributed by atoms with van der Waals surface area (Å²) in [7, 11) is 0. The third-order valence-electron chi connectivity index (χ3n) is 1.74. The Kier molecular flexibility index (Phi) is 3.26. The van der Waals surface area contributed by atoms with Crippen LogP contribution < -0.4 is 0 Å². The molecule has 0 aliphatic carbocycles. The molecule has 0 saturated carbocycles. The van der Waals surface area contributed by atoms with E-state index in [0.29, 0.717) is 6.61 Å². The topological polar surface area (TPSA) is 38.7 Å². The van der Waals surface area contributed by atoms with Crippen molar-refractivity contribution in [2.24, 2.45) is 0 Å². The predicted molar refractivity (Wildman–Crippen MR) is 45.7 cm³/mol. The molecule has 1 heterocycles. The summed E-state index contributed by atoms with van der Waals surface area (Å²) in [5, 5.41) is 8.48. The highest BCUT2D eigenvalue weighted by Gasteiger charge is 2.31. The standard InChI is InChI=1S/C9H16O3/c1-9(2)11-7-8(12-9)5-3-4-6-10/h3-4,8,10H,5-7H2,1-2H3/b4-3+. The molecule has 1 aliphatic rings. The second-order valence-electron chi connectivity index (χ2n) is 3.34. The molecule has 0 aromatic carbocycles. The number of hydrogen-bond donors (Lipinski definition) is 1. The summed E-state index contributed by atoms with van der Waals surface area (Å²) in [5.41, 5.74) is 0. The molecule has 1 aliphatic heterocycles. The van der Waals surface area contributed by atoms with Gasteiger partial charge >= 0.3 is 0 Å². The highest BCUT2D eigenvalue weighted by Crippen LogP contribution is 2.23. The Labute approximate surface area is 73.0 Å². The Morgan fingerprint density at radius 2 is 2.25 bits per heavy atom. The average molecular weight is 172 g/mol. The van der Waals surface area contributed by atoms with Gasteiger partial charge in [0.1, 0.15) is 0 Å². The first kappa shape index (κ1) is 9.71. The third-order valence-corrected chi connectivity index (χ3v) is 1.74. The van der Waals surface area contributed by atoms with Crippen molar-refractivity contribution in [2.75, 3.05) is 13.2 Å². The van der Waals surface area contributed by atoms with E-state index in [-0.39, 0.29) is 12.7 Å². The molecular weight excluding hydrogens is 156 g/mol. The second-order valence-corrected chi connectivity index (χ2v) is 3.34. The van der Waals surface area contributed by atoms with Crippen molar-refractivity contribution in [1.29, 1.82) is 0 Å². The lowest BCUT2D eigenvalue weighted by molar-refractivity contribution is -0.137. The number of hydrogen-bond acceptors (Lipinski definition) is 3. The molecule has 70 valence electrons. The monoisotopic (exact) mass is 172 g/mol. The number of aliphatic hydroxyl groups excluding tert-OH is 1. The van der Waals surface area contributed by atoms with E-state index >= 15 is 0 Å². The van der Waals surface area contributed by atoms with Gasteiger partial charge in [-0.3, -0.25) is 0 Å². The summed E-state index contributed by atoms with van der Waals surface area (Å²) in [6.45, 7) is 4.55. The predicted octanol–water partition coefficient (Wildman–Crippen LogP) is 1.08. The molecule has 12 heavy (non-hydrogen) atoms. The van der Waals surface area contributed by atoms with E-state index in [1.807, 2.05) is 19.9 Å². The summed E-state index contributed by atoms with van der Waals surface area (Å²) in [6, 6.07) is 0. The van der Waals surface area contributed by atoms with Gasteiger partial charge in [0.15, 0.2) is 5.79 Å². The Morgan fingerprint density at radius 3 is 2.75 bits per heavy atom. The molecule has 3 nitrogen and oxygen atoms in total. The van der Waals surface area contributed by atoms with Crippen LogP contribution in [0.2, 0.25) is 0 Å². The van der Waals surface area contributed by atoms with Gasteiger partial charge in [-0.05, 0) is 20.3 Å². The van der Waals surface area contributed by atoms with Crippen LogP contribution in [0.15, 0.2) is 12.2 Å². The lowest BCUT2D eigenvalue weighted by Crippen LogP contribution is -2.21. The maximum absolute atomic E-state index is 8.48. The van der Waals surface area contributed by atoms with Crippen molar-refractivity contribution >= 4 is 0 Å². The number of ether oxygens (including phenoxy) is 2. The molecule has 1 unspecified atom stereocenters. The summed E-state index contributed by atoms with van der Waals surface area (Å²) < 4.78 is 10.9. The normalized spacial score (nSPS) is 28.4. The summed E-state index contributed by atoms with van der Waals surface area (Å²) in [4.78, 5) is 0. The van der Waals surface area contributed by atoms with Gasteiger partial charge in [-0.15, -0.1) is 0 Å². The van der Waals surface area contributed by atoms with Gasteiger partial charge in [0.2, 0.25) is 0 Å². The minimum absolute atomic E-state index is 0.0942. The maximum Gasteiger partial charge on any atom is 0.163 e. The molecule has 0 aromatic rings. The van der Waals surface area contributed by atoms with Gasteiger partial charge in [-0.1, -0.05) is 12.2 Å². The molecule has 0 radical (unpaired) electrons. The van der Waals surface area contributed by atoms with Crippen LogP contribution in [0.5, 0.6) is 0 Å². The quantitative estimate of drug-likeness (QED) is 0.647. The lowest BCUT2D eigenvalue weighted by Gasteiger charge is -2.16. The highest BCUT2D eigenvalue weighted by atomic mass is 16.7. The van der Waals surface area contributed by atoms with Crippen molar-refractivity contribution in [2.45, 2.75) is 32.2 Å². The molecule has 0 aromatic heterocycles. The average Bonchev–Trinajstić information content (AvgIpc) is 2.31. The van der Waals surface area contributed by atoms with Crippen molar-refractivity contribution in [1.82, 2.24) is 0 Å². The first-order valence-corrected chi connectivity index (χ1v) is 4.22. The Hall–Kier alpha value is -0.380. The molecule has 1 N–H and O–H groups in total. The first-order valence-electron chi connectivity index (χ1n) is 4.22. The summed E-state index contributed by atoms with van der Waals surface area (Å²) in [6.07, 6.45) is 4.58. The van der Waals surface area contributed by atoms with Crippen LogP contribution in [0.1, 0.15) is 20.3 Å². The Bertz CT molecular complexity index is 163. The van der Waals surface area contributed by atoms with Gasteiger partial charge in [-0.25, -0.2) is 0 Å². The minimum atomic E-state index is -0.433. The van der Waals surface area contributed by atoms with Gasteiger partial charge in [0, 0.05) is 0 Å². The Balaban J connectivity index is 2.24. The van der Waals surface area contributed by atoms with Crippen LogP contribution >= 0.6 is 0 Å². The number of rotatable bonds is 3. The lowest BCUT2D eigenvalue weighted by atomic mass is 10.2. The zero-order valence-electron chi connectivity index (χ0n) is 7.62. The molecular formula is C9H16O3. The van der Waals surface area contributed by atoms with Crippen LogP contribution in [0.4, 0.5) is 0 Å². The smallest absolute Gasteiger partial charge is 0.163 e. The van der Waals surface area contributed by atoms with E-state index in [9.17, 15) is 0 Å². The number of aliphatic hydroxyl groups is 1. The summed E-state index contributed by atoms with van der Waals surface area (Å²) in [5.74, 6) is -0.433. The first-order chi connectivity index (χ1) is 5.64. The third kappa shape index (κ3) is 2.93. The van der Waals surface area contributed by atoms with Gasteiger partial charge in [0.25, 0.3) is 0 Å². The zero-order chi connectivity index (χ0) is 9.03. The van der Waals surface area contributed by atoms with Gasteiger partial charge in [-0.2, -0.15) is 0 Å². The molecule has 0 bridgehead atoms. The van der Waals surface area contributed by atoms with E-state index < -0.39 is 5.79 Å².